The third kappa shape index (κ3) is 3.47. The summed E-state index contributed by atoms with van der Waals surface area (Å²) in [5, 5.41) is 3.98. The van der Waals surface area contributed by atoms with E-state index >= 15 is 0 Å². The Morgan fingerprint density at radius 2 is 2.27 bits per heavy atom. The van der Waals surface area contributed by atoms with Crippen molar-refractivity contribution in [2.45, 2.75) is 27.3 Å². The minimum absolute atomic E-state index is 0.563. The monoisotopic (exact) mass is 150 g/mol. The van der Waals surface area contributed by atoms with Crippen LogP contribution >= 0.6 is 0 Å². The van der Waals surface area contributed by atoms with Crippen molar-refractivity contribution in [3.63, 3.8) is 0 Å². The second-order valence-electron chi connectivity index (χ2n) is 1.92. The Labute approximate surface area is 68.2 Å². The first kappa shape index (κ1) is 9.77. The topological polar surface area (TPSA) is 17.8 Å². The molecular formula is C9H14N2. The third-order valence-electron chi connectivity index (χ3n) is 1.02. The lowest BCUT2D eigenvalue weighted by atomic mass is 10.4. The van der Waals surface area contributed by atoms with Gasteiger partial charge in [-0.05, 0) is 12.5 Å². The number of hydrogen-bond acceptors (Lipinski definition) is 1. The Morgan fingerprint density at radius 3 is 2.64 bits per heavy atom. The first-order valence-electron chi connectivity index (χ1n) is 3.75. The largest absolute Gasteiger partial charge is 0.260 e. The van der Waals surface area contributed by atoms with E-state index in [1.165, 1.54) is 0 Å². The van der Waals surface area contributed by atoms with Gasteiger partial charge in [0.05, 0.1) is 6.20 Å². The molecule has 0 aromatic carbocycles. The quantitative estimate of drug-likeness (QED) is 0.559. The summed E-state index contributed by atoms with van der Waals surface area (Å²) in [6, 6.07) is 0. The van der Waals surface area contributed by atoms with Crippen molar-refractivity contribution in [1.29, 1.82) is 0 Å². The van der Waals surface area contributed by atoms with Gasteiger partial charge in [0.1, 0.15) is 6.54 Å². The minimum Gasteiger partial charge on any atom is -0.260 e. The molecule has 0 saturated heterocycles. The van der Waals surface area contributed by atoms with E-state index in [-0.39, 0.29) is 0 Å². The molecule has 1 aromatic heterocycles. The summed E-state index contributed by atoms with van der Waals surface area (Å²) >= 11 is 0. The summed E-state index contributed by atoms with van der Waals surface area (Å²) in [5.74, 6) is 2.50. The van der Waals surface area contributed by atoms with E-state index in [4.69, 9.17) is 6.42 Å². The second kappa shape index (κ2) is 5.55. The molecule has 0 spiro atoms. The molecule has 0 radical (unpaired) electrons. The lowest BCUT2D eigenvalue weighted by Crippen LogP contribution is -1.93. The van der Waals surface area contributed by atoms with Crippen LogP contribution in [0.5, 0.6) is 0 Å². The molecule has 0 saturated carbocycles. The van der Waals surface area contributed by atoms with E-state index in [2.05, 4.69) is 11.0 Å². The first-order valence-corrected chi connectivity index (χ1v) is 3.75. The fraction of sp³-hybridized carbons (Fsp3) is 0.444. The molecule has 0 aliphatic heterocycles. The average molecular weight is 150 g/mol. The number of rotatable bonds is 1. The fourth-order valence-corrected chi connectivity index (χ4v) is 0.647. The summed E-state index contributed by atoms with van der Waals surface area (Å²) in [7, 11) is 0. The summed E-state index contributed by atoms with van der Waals surface area (Å²) in [5.41, 5.74) is 1.14. The predicted octanol–water partition coefficient (Wildman–Crippen LogP) is 1.85. The van der Waals surface area contributed by atoms with Gasteiger partial charge < -0.3 is 0 Å². The zero-order chi connectivity index (χ0) is 8.69. The molecule has 1 heterocycles. The molecule has 0 unspecified atom stereocenters. The van der Waals surface area contributed by atoms with E-state index in [0.29, 0.717) is 6.54 Å². The maximum atomic E-state index is 5.06. The maximum Gasteiger partial charge on any atom is 0.101 e. The lowest BCUT2D eigenvalue weighted by molar-refractivity contribution is 0.715. The van der Waals surface area contributed by atoms with Crippen LogP contribution in [0.2, 0.25) is 0 Å². The highest BCUT2D eigenvalue weighted by molar-refractivity contribution is 5.00. The van der Waals surface area contributed by atoms with Gasteiger partial charge in [-0.3, -0.25) is 4.68 Å². The Bertz CT molecular complexity index is 230. The molecule has 1 rings (SSSR count). The zero-order valence-corrected chi connectivity index (χ0v) is 7.33. The smallest absolute Gasteiger partial charge is 0.101 e. The third-order valence-corrected chi connectivity index (χ3v) is 1.02. The van der Waals surface area contributed by atoms with Crippen molar-refractivity contribution in [3.05, 3.63) is 18.0 Å². The van der Waals surface area contributed by atoms with Crippen molar-refractivity contribution in [2.75, 3.05) is 0 Å². The van der Waals surface area contributed by atoms with Gasteiger partial charge in [-0.25, -0.2) is 0 Å². The fourth-order valence-electron chi connectivity index (χ4n) is 0.647. The molecule has 0 bridgehead atoms. The van der Waals surface area contributed by atoms with Crippen LogP contribution in [0.4, 0.5) is 0 Å². The summed E-state index contributed by atoms with van der Waals surface area (Å²) in [6.45, 7) is 6.55. The molecule has 0 N–H and O–H groups in total. The Morgan fingerprint density at radius 1 is 1.64 bits per heavy atom. The van der Waals surface area contributed by atoms with Gasteiger partial charge in [0, 0.05) is 6.20 Å². The van der Waals surface area contributed by atoms with Gasteiger partial charge in [-0.1, -0.05) is 19.8 Å². The average Bonchev–Trinajstić information content (AvgIpc) is 2.41. The predicted molar refractivity (Wildman–Crippen MR) is 47.1 cm³/mol. The van der Waals surface area contributed by atoms with E-state index in [1.807, 2.05) is 27.0 Å². The van der Waals surface area contributed by atoms with Gasteiger partial charge in [0.25, 0.3) is 0 Å². The van der Waals surface area contributed by atoms with Crippen LogP contribution in [0.25, 0.3) is 0 Å². The van der Waals surface area contributed by atoms with E-state index in [9.17, 15) is 0 Å². The molecule has 0 amide bonds. The van der Waals surface area contributed by atoms with Crippen molar-refractivity contribution in [3.8, 4) is 12.3 Å². The van der Waals surface area contributed by atoms with E-state index in [0.717, 1.165) is 5.56 Å². The molecular weight excluding hydrogens is 136 g/mol. The number of terminal acetylenes is 1. The molecule has 60 valence electrons. The van der Waals surface area contributed by atoms with Crippen LogP contribution in [0.1, 0.15) is 19.4 Å². The van der Waals surface area contributed by atoms with Crippen molar-refractivity contribution in [2.24, 2.45) is 0 Å². The second-order valence-corrected chi connectivity index (χ2v) is 1.92. The van der Waals surface area contributed by atoms with Crippen molar-refractivity contribution in [1.82, 2.24) is 9.78 Å². The molecule has 0 fully saturated rings. The van der Waals surface area contributed by atoms with Crippen LogP contribution in [-0.2, 0) is 6.54 Å². The van der Waals surface area contributed by atoms with Gasteiger partial charge in [-0.15, -0.1) is 6.42 Å². The number of hydrogen-bond donors (Lipinski definition) is 0. The van der Waals surface area contributed by atoms with Gasteiger partial charge in [-0.2, -0.15) is 5.10 Å². The van der Waals surface area contributed by atoms with Crippen LogP contribution < -0.4 is 0 Å². The molecule has 2 nitrogen and oxygen atoms in total. The molecule has 0 aliphatic carbocycles. The number of aromatic nitrogens is 2. The SMILES string of the molecule is C#CCn1cc(C)cn1.CC. The Balaban J connectivity index is 0.000000461. The van der Waals surface area contributed by atoms with Gasteiger partial charge in [0.15, 0.2) is 0 Å². The highest BCUT2D eigenvalue weighted by Gasteiger charge is 1.87. The van der Waals surface area contributed by atoms with Crippen LogP contribution in [0.3, 0.4) is 0 Å². The highest BCUT2D eigenvalue weighted by atomic mass is 15.3. The number of nitrogens with zero attached hydrogens (tertiary/aromatic N) is 2. The maximum absolute atomic E-state index is 5.06. The van der Waals surface area contributed by atoms with Crippen LogP contribution in [0, 0.1) is 19.3 Å². The highest BCUT2D eigenvalue weighted by Crippen LogP contribution is 1.92. The Hall–Kier alpha value is -1.23. The molecule has 11 heavy (non-hydrogen) atoms. The van der Waals surface area contributed by atoms with Crippen LogP contribution in [0.15, 0.2) is 12.4 Å². The summed E-state index contributed by atoms with van der Waals surface area (Å²) in [6.07, 6.45) is 8.76. The van der Waals surface area contributed by atoms with E-state index in [1.54, 1.807) is 10.9 Å². The summed E-state index contributed by atoms with van der Waals surface area (Å²) < 4.78 is 1.73. The summed E-state index contributed by atoms with van der Waals surface area (Å²) in [4.78, 5) is 0. The van der Waals surface area contributed by atoms with Crippen molar-refractivity contribution < 1.29 is 0 Å². The molecule has 1 aromatic rings. The normalized spacial score (nSPS) is 7.82. The molecule has 0 aliphatic rings. The number of aryl methyl sites for hydroxylation is 1. The lowest BCUT2D eigenvalue weighted by Gasteiger charge is -1.88. The Kier molecular flexibility index (Phi) is 4.93. The zero-order valence-electron chi connectivity index (χ0n) is 7.33. The van der Waals surface area contributed by atoms with Gasteiger partial charge >= 0.3 is 0 Å². The van der Waals surface area contributed by atoms with Gasteiger partial charge in [0.2, 0.25) is 0 Å². The van der Waals surface area contributed by atoms with E-state index < -0.39 is 0 Å². The first-order chi connectivity index (χ1) is 5.33. The molecule has 0 atom stereocenters. The minimum atomic E-state index is 0.563. The van der Waals surface area contributed by atoms with Crippen LogP contribution in [-0.4, -0.2) is 9.78 Å². The standard InChI is InChI=1S/C7H8N2.C2H6/c1-3-4-9-6-7(2)5-8-9;1-2/h1,5-6H,4H2,2H3;1-2H3. The van der Waals surface area contributed by atoms with Crippen molar-refractivity contribution >= 4 is 0 Å². The molecule has 2 heteroatoms.